The Bertz CT molecular complexity index is 1870. The van der Waals surface area contributed by atoms with Gasteiger partial charge in [-0.1, -0.05) is 78.9 Å². The normalized spacial score (nSPS) is 17.2. The number of hydrogen-bond donors (Lipinski definition) is 0. The highest BCUT2D eigenvalue weighted by Gasteiger charge is 2.52. The molecule has 2 fully saturated rings. The van der Waals surface area contributed by atoms with Gasteiger partial charge in [-0.3, -0.25) is 4.79 Å². The van der Waals surface area contributed by atoms with Crippen molar-refractivity contribution in [1.82, 2.24) is 14.1 Å². The van der Waals surface area contributed by atoms with Gasteiger partial charge in [-0.2, -0.15) is 0 Å². The highest BCUT2D eigenvalue weighted by atomic mass is 32.2. The first-order chi connectivity index (χ1) is 21.6. The van der Waals surface area contributed by atoms with E-state index in [9.17, 15) is 22.8 Å². The third-order valence-electron chi connectivity index (χ3n) is 8.37. The van der Waals surface area contributed by atoms with Crippen molar-refractivity contribution in [2.75, 3.05) is 37.6 Å². The number of benzene rings is 4. The van der Waals surface area contributed by atoms with Crippen LogP contribution >= 0.6 is 0 Å². The average molecular weight is 627 g/mol. The Labute approximate surface area is 262 Å². The van der Waals surface area contributed by atoms with Gasteiger partial charge in [0.1, 0.15) is 12.6 Å². The number of anilines is 1. The van der Waals surface area contributed by atoms with E-state index in [4.69, 9.17) is 4.74 Å². The van der Waals surface area contributed by atoms with E-state index in [0.29, 0.717) is 51.7 Å². The van der Waals surface area contributed by atoms with E-state index in [1.165, 1.54) is 6.07 Å². The zero-order valence-electron chi connectivity index (χ0n) is 25.1. The van der Waals surface area contributed by atoms with Gasteiger partial charge in [0.2, 0.25) is 5.91 Å². The lowest BCUT2D eigenvalue weighted by atomic mass is 10.1. The predicted octanol–water partition coefficient (Wildman–Crippen LogP) is 4.94. The second-order valence-corrected chi connectivity index (χ2v) is 13.2. The van der Waals surface area contributed by atoms with E-state index in [1.807, 2.05) is 19.9 Å². The van der Waals surface area contributed by atoms with Crippen LogP contribution in [0.2, 0.25) is 0 Å². The first-order valence-corrected chi connectivity index (χ1v) is 16.2. The molecule has 2 aliphatic rings. The zero-order valence-corrected chi connectivity index (χ0v) is 25.9. The highest BCUT2D eigenvalue weighted by Crippen LogP contribution is 2.31. The van der Waals surface area contributed by atoms with Gasteiger partial charge >= 0.3 is 12.1 Å². The number of hydrogen-bond acceptors (Lipinski definition) is 7. The number of carbonyl (C=O) groups is 3. The fourth-order valence-corrected chi connectivity index (χ4v) is 7.51. The molecule has 0 unspecified atom stereocenters. The Kier molecular flexibility index (Phi) is 8.20. The Morgan fingerprint density at radius 3 is 2.29 bits per heavy atom. The minimum atomic E-state index is -4.44. The Balaban J connectivity index is 1.27. The van der Waals surface area contributed by atoms with Crippen molar-refractivity contribution in [3.05, 3.63) is 108 Å². The van der Waals surface area contributed by atoms with E-state index in [-0.39, 0.29) is 11.5 Å². The van der Waals surface area contributed by atoms with E-state index in [0.717, 1.165) is 16.8 Å². The molecule has 10 nitrogen and oxygen atoms in total. The van der Waals surface area contributed by atoms with Gasteiger partial charge in [0.15, 0.2) is 0 Å². The third kappa shape index (κ3) is 5.83. The number of urea groups is 1. The van der Waals surface area contributed by atoms with Crippen LogP contribution < -0.4 is 4.90 Å². The smallest absolute Gasteiger partial charge is 0.419 e. The molecule has 0 bridgehead atoms. The van der Waals surface area contributed by atoms with Crippen molar-refractivity contribution in [3.63, 3.8) is 0 Å². The molecule has 0 aromatic heterocycles. The number of piperazine rings is 1. The number of carbonyl (C=O) groups excluding carboxylic acids is 3. The molecule has 0 radical (unpaired) electrons. The molecule has 2 heterocycles. The number of amides is 4. The molecule has 4 amide bonds. The average Bonchev–Trinajstić information content (AvgIpc) is 3.42. The molecule has 0 spiro atoms. The lowest BCUT2D eigenvalue weighted by Gasteiger charge is -2.38. The van der Waals surface area contributed by atoms with Crippen molar-refractivity contribution < 1.29 is 27.5 Å². The molecule has 232 valence electrons. The number of aryl methyl sites for hydroxylation is 2. The van der Waals surface area contributed by atoms with Crippen LogP contribution in [0.15, 0.2) is 95.9 Å². The van der Waals surface area contributed by atoms with Gasteiger partial charge in [0, 0.05) is 37.3 Å². The first-order valence-electron chi connectivity index (χ1n) is 14.8. The number of rotatable bonds is 6. The lowest BCUT2D eigenvalue weighted by molar-refractivity contribution is -0.135. The topological polar surface area (TPSA) is 108 Å². The second-order valence-electron chi connectivity index (χ2n) is 11.3. The van der Waals surface area contributed by atoms with E-state index in [2.05, 4.69) is 23.1 Å². The van der Waals surface area contributed by atoms with Crippen molar-refractivity contribution in [3.8, 4) is 0 Å². The number of nitrogens with zero attached hydrogens (tertiary/aromatic N) is 4. The molecule has 45 heavy (non-hydrogen) atoms. The Morgan fingerprint density at radius 2 is 1.53 bits per heavy atom. The molecule has 4 aromatic carbocycles. The van der Waals surface area contributed by atoms with Gasteiger partial charge in [0.25, 0.3) is 10.0 Å². The fourth-order valence-electron chi connectivity index (χ4n) is 5.93. The van der Waals surface area contributed by atoms with Crippen LogP contribution in [-0.4, -0.2) is 79.3 Å². The molecule has 0 saturated carbocycles. The molecular weight excluding hydrogens is 592 g/mol. The minimum absolute atomic E-state index is 0.0817. The molecule has 2 saturated heterocycles. The monoisotopic (exact) mass is 626 g/mol. The number of sulfonamides is 1. The summed E-state index contributed by atoms with van der Waals surface area (Å²) in [6.45, 7) is 5.21. The molecule has 0 N–H and O–H groups in total. The van der Waals surface area contributed by atoms with Crippen LogP contribution in [0.3, 0.4) is 0 Å². The molecule has 6 rings (SSSR count). The van der Waals surface area contributed by atoms with Crippen LogP contribution in [0.4, 0.5) is 15.3 Å². The van der Waals surface area contributed by atoms with E-state index in [1.54, 1.807) is 65.6 Å². The Hall–Kier alpha value is -4.90. The van der Waals surface area contributed by atoms with Crippen LogP contribution in [-0.2, 0) is 26.2 Å². The van der Waals surface area contributed by atoms with Crippen LogP contribution in [0, 0.1) is 13.8 Å². The summed E-state index contributed by atoms with van der Waals surface area (Å²) < 4.78 is 34.1. The first kappa shape index (κ1) is 30.1. The summed E-state index contributed by atoms with van der Waals surface area (Å²) in [6, 6.07) is 24.4. The fraction of sp³-hybridized carbons (Fsp3) is 0.265. The second kappa shape index (κ2) is 12.2. The SMILES string of the molecule is Cc1ccc(C)c(N2CCN(C(=O)[C@@H]3CN(S(=O)(=O)c4cccc5ccccc45)C(=O)N3C(=O)OCc3ccccc3)CC2)c1. The third-order valence-corrected chi connectivity index (χ3v) is 10.2. The number of fused-ring (bicyclic) bond motifs is 1. The summed E-state index contributed by atoms with van der Waals surface area (Å²) in [7, 11) is -4.44. The molecule has 1 atom stereocenters. The maximum absolute atomic E-state index is 14.0. The predicted molar refractivity (Wildman–Crippen MR) is 170 cm³/mol. The van der Waals surface area contributed by atoms with Crippen molar-refractivity contribution in [2.24, 2.45) is 0 Å². The minimum Gasteiger partial charge on any atom is -0.444 e. The van der Waals surface area contributed by atoms with Gasteiger partial charge in [-0.05, 0) is 48.1 Å². The molecular formula is C34H34N4O6S. The quantitative estimate of drug-likeness (QED) is 0.299. The molecule has 4 aromatic rings. The molecule has 0 aliphatic carbocycles. The van der Waals surface area contributed by atoms with Crippen LogP contribution in [0.1, 0.15) is 16.7 Å². The summed E-state index contributed by atoms with van der Waals surface area (Å²) in [5.41, 5.74) is 4.04. The summed E-state index contributed by atoms with van der Waals surface area (Å²) in [4.78, 5) is 45.6. The summed E-state index contributed by atoms with van der Waals surface area (Å²) in [5, 5.41) is 1.11. The summed E-state index contributed by atoms with van der Waals surface area (Å²) in [5.74, 6) is -0.503. The van der Waals surface area contributed by atoms with Crippen molar-refractivity contribution >= 4 is 44.5 Å². The zero-order chi connectivity index (χ0) is 31.7. The maximum atomic E-state index is 14.0. The van der Waals surface area contributed by atoms with Gasteiger partial charge in [-0.25, -0.2) is 27.2 Å². The molecule has 11 heteroatoms. The van der Waals surface area contributed by atoms with Gasteiger partial charge in [0.05, 0.1) is 11.4 Å². The largest absolute Gasteiger partial charge is 0.444 e. The standard InChI is InChI=1S/C34H34N4O6S/c1-24-15-16-25(2)29(21-24)35-17-19-36(20-18-35)32(39)30-22-37(33(40)38(30)34(41)44-23-26-9-4-3-5-10-26)45(42,43)31-14-8-12-27-11-6-7-13-28(27)31/h3-16,21,30H,17-20,22-23H2,1-2H3/t30-/m0/s1. The summed E-state index contributed by atoms with van der Waals surface area (Å²) in [6.07, 6.45) is -1.08. The van der Waals surface area contributed by atoms with Crippen molar-refractivity contribution in [1.29, 1.82) is 0 Å². The molecule has 2 aliphatic heterocycles. The van der Waals surface area contributed by atoms with Crippen molar-refractivity contribution in [2.45, 2.75) is 31.4 Å². The number of ether oxygens (including phenoxy) is 1. The van der Waals surface area contributed by atoms with Crippen LogP contribution in [0.25, 0.3) is 10.8 Å². The number of imide groups is 1. The van der Waals surface area contributed by atoms with E-state index >= 15 is 0 Å². The lowest BCUT2D eigenvalue weighted by Crippen LogP contribution is -2.55. The van der Waals surface area contributed by atoms with Crippen LogP contribution in [0.5, 0.6) is 0 Å². The Morgan fingerprint density at radius 1 is 0.844 bits per heavy atom. The maximum Gasteiger partial charge on any atom is 0.419 e. The van der Waals surface area contributed by atoms with Gasteiger partial charge < -0.3 is 14.5 Å². The van der Waals surface area contributed by atoms with E-state index < -0.39 is 40.6 Å². The highest BCUT2D eigenvalue weighted by molar-refractivity contribution is 7.90. The summed E-state index contributed by atoms with van der Waals surface area (Å²) >= 11 is 0. The van der Waals surface area contributed by atoms with Gasteiger partial charge in [-0.15, -0.1) is 0 Å².